The quantitative estimate of drug-likeness (QED) is 0.462. The summed E-state index contributed by atoms with van der Waals surface area (Å²) in [5.41, 5.74) is -1.65. The standard InChI is InChI=1S/C17H18N2O6/c1-9-11-12(17(18-9,15(22)24-2)16(23)25-3)14(21)19(13(11)20)10-7-5-4-6-8-10/h4-9,11-12,18H,1-3H3/t9-,11+,12-/m1/s1. The lowest BCUT2D eigenvalue weighted by Gasteiger charge is -2.29. The number of amides is 2. The molecule has 3 rings (SSSR count). The number of anilines is 1. The van der Waals surface area contributed by atoms with Crippen molar-refractivity contribution >= 4 is 29.4 Å². The van der Waals surface area contributed by atoms with Gasteiger partial charge in [0.2, 0.25) is 17.4 Å². The molecule has 25 heavy (non-hydrogen) atoms. The van der Waals surface area contributed by atoms with E-state index < -0.39 is 47.2 Å². The van der Waals surface area contributed by atoms with Crippen molar-refractivity contribution in [3.05, 3.63) is 30.3 Å². The molecule has 2 amide bonds. The molecule has 0 unspecified atom stereocenters. The zero-order valence-corrected chi connectivity index (χ0v) is 14.0. The minimum Gasteiger partial charge on any atom is -0.467 e. The third-order valence-electron chi connectivity index (χ3n) is 4.84. The molecule has 132 valence electrons. The fourth-order valence-electron chi connectivity index (χ4n) is 3.80. The van der Waals surface area contributed by atoms with E-state index >= 15 is 0 Å². The molecule has 2 aliphatic rings. The predicted molar refractivity (Wildman–Crippen MR) is 85.3 cm³/mol. The van der Waals surface area contributed by atoms with Crippen LogP contribution in [0, 0.1) is 11.8 Å². The number of para-hydroxylation sites is 1. The Morgan fingerprint density at radius 3 is 2.12 bits per heavy atom. The van der Waals surface area contributed by atoms with Gasteiger partial charge < -0.3 is 9.47 Å². The third kappa shape index (κ3) is 2.17. The molecule has 0 radical (unpaired) electrons. The van der Waals surface area contributed by atoms with Crippen LogP contribution < -0.4 is 10.2 Å². The molecular formula is C17H18N2O6. The molecule has 8 heteroatoms. The first-order chi connectivity index (χ1) is 11.9. The number of carbonyl (C=O) groups excluding carboxylic acids is 4. The topological polar surface area (TPSA) is 102 Å². The first-order valence-corrected chi connectivity index (χ1v) is 7.77. The molecule has 2 saturated heterocycles. The molecule has 1 N–H and O–H groups in total. The Balaban J connectivity index is 2.13. The van der Waals surface area contributed by atoms with Gasteiger partial charge in [0.25, 0.3) is 0 Å². The minimum atomic E-state index is -2.04. The molecule has 2 aliphatic heterocycles. The Kier molecular flexibility index (Phi) is 4.08. The molecule has 3 atom stereocenters. The Morgan fingerprint density at radius 1 is 1.04 bits per heavy atom. The van der Waals surface area contributed by atoms with Gasteiger partial charge in [-0.2, -0.15) is 0 Å². The first kappa shape index (κ1) is 17.1. The Morgan fingerprint density at radius 2 is 1.60 bits per heavy atom. The van der Waals surface area contributed by atoms with Gasteiger partial charge in [-0.3, -0.25) is 14.9 Å². The van der Waals surface area contributed by atoms with Gasteiger partial charge in [0.15, 0.2) is 0 Å². The number of imide groups is 1. The first-order valence-electron chi connectivity index (χ1n) is 7.77. The molecule has 2 heterocycles. The molecular weight excluding hydrogens is 328 g/mol. The molecule has 0 aromatic heterocycles. The lowest BCUT2D eigenvalue weighted by atomic mass is 9.80. The van der Waals surface area contributed by atoms with Crippen molar-refractivity contribution in [2.24, 2.45) is 11.8 Å². The average Bonchev–Trinajstić information content (AvgIpc) is 3.08. The smallest absolute Gasteiger partial charge is 0.338 e. The Hall–Kier alpha value is -2.74. The van der Waals surface area contributed by atoms with Crippen molar-refractivity contribution in [3.8, 4) is 0 Å². The van der Waals surface area contributed by atoms with Crippen LogP contribution in [0.1, 0.15) is 6.92 Å². The van der Waals surface area contributed by atoms with Crippen LogP contribution in [0.3, 0.4) is 0 Å². The van der Waals surface area contributed by atoms with E-state index in [9.17, 15) is 19.2 Å². The second-order valence-corrected chi connectivity index (χ2v) is 6.08. The largest absolute Gasteiger partial charge is 0.467 e. The zero-order chi connectivity index (χ0) is 18.4. The number of carbonyl (C=O) groups is 4. The Labute approximate surface area is 144 Å². The summed E-state index contributed by atoms with van der Waals surface area (Å²) in [6, 6.07) is 7.79. The number of hydrogen-bond donors (Lipinski definition) is 1. The van der Waals surface area contributed by atoms with Crippen LogP contribution in [0.4, 0.5) is 5.69 Å². The van der Waals surface area contributed by atoms with Gasteiger partial charge in [-0.15, -0.1) is 0 Å². The molecule has 0 bridgehead atoms. The van der Waals surface area contributed by atoms with Gasteiger partial charge in [0, 0.05) is 6.04 Å². The van der Waals surface area contributed by atoms with Crippen molar-refractivity contribution in [1.82, 2.24) is 5.32 Å². The van der Waals surface area contributed by atoms with Crippen LogP contribution in [0.25, 0.3) is 0 Å². The van der Waals surface area contributed by atoms with E-state index in [1.165, 1.54) is 0 Å². The summed E-state index contributed by atoms with van der Waals surface area (Å²) in [7, 11) is 2.23. The summed E-state index contributed by atoms with van der Waals surface area (Å²) in [4.78, 5) is 51.9. The van der Waals surface area contributed by atoms with E-state index in [0.717, 1.165) is 19.1 Å². The number of nitrogens with one attached hydrogen (secondary N) is 1. The highest BCUT2D eigenvalue weighted by Crippen LogP contribution is 2.45. The summed E-state index contributed by atoms with van der Waals surface area (Å²) in [5, 5.41) is 2.79. The highest BCUT2D eigenvalue weighted by Gasteiger charge is 2.72. The lowest BCUT2D eigenvalue weighted by molar-refractivity contribution is -0.166. The maximum Gasteiger partial charge on any atom is 0.338 e. The summed E-state index contributed by atoms with van der Waals surface area (Å²) in [5.74, 6) is -5.09. The van der Waals surface area contributed by atoms with Crippen LogP contribution in [0.2, 0.25) is 0 Å². The van der Waals surface area contributed by atoms with Gasteiger partial charge in [-0.1, -0.05) is 18.2 Å². The van der Waals surface area contributed by atoms with Gasteiger partial charge >= 0.3 is 11.9 Å². The molecule has 0 spiro atoms. The summed E-state index contributed by atoms with van der Waals surface area (Å²) < 4.78 is 9.51. The molecule has 0 aliphatic carbocycles. The summed E-state index contributed by atoms with van der Waals surface area (Å²) in [6.45, 7) is 1.64. The van der Waals surface area contributed by atoms with Crippen LogP contribution in [0.15, 0.2) is 30.3 Å². The van der Waals surface area contributed by atoms with Gasteiger partial charge in [-0.25, -0.2) is 14.5 Å². The highest BCUT2D eigenvalue weighted by molar-refractivity contribution is 6.26. The van der Waals surface area contributed by atoms with Crippen molar-refractivity contribution in [1.29, 1.82) is 0 Å². The normalized spacial score (nSPS) is 27.2. The van der Waals surface area contributed by atoms with Crippen LogP contribution in [-0.4, -0.2) is 49.6 Å². The van der Waals surface area contributed by atoms with Crippen molar-refractivity contribution in [2.75, 3.05) is 19.1 Å². The van der Waals surface area contributed by atoms with Gasteiger partial charge in [0.05, 0.1) is 31.7 Å². The van der Waals surface area contributed by atoms with E-state index in [1.807, 2.05) is 0 Å². The van der Waals surface area contributed by atoms with Crippen molar-refractivity contribution < 1.29 is 28.7 Å². The number of esters is 2. The maximum atomic E-state index is 13.0. The van der Waals surface area contributed by atoms with Gasteiger partial charge in [-0.05, 0) is 19.1 Å². The van der Waals surface area contributed by atoms with Gasteiger partial charge in [0.1, 0.15) is 0 Å². The van der Waals surface area contributed by atoms with Crippen molar-refractivity contribution in [2.45, 2.75) is 18.5 Å². The van der Waals surface area contributed by atoms with E-state index in [4.69, 9.17) is 9.47 Å². The van der Waals surface area contributed by atoms with Crippen LogP contribution in [0.5, 0.6) is 0 Å². The number of rotatable bonds is 3. The second-order valence-electron chi connectivity index (χ2n) is 6.08. The number of methoxy groups -OCH3 is 2. The molecule has 2 fully saturated rings. The second kappa shape index (κ2) is 5.96. The zero-order valence-electron chi connectivity index (χ0n) is 14.0. The molecule has 8 nitrogen and oxygen atoms in total. The average molecular weight is 346 g/mol. The summed E-state index contributed by atoms with van der Waals surface area (Å²) in [6.07, 6.45) is 0. The number of hydrogen-bond acceptors (Lipinski definition) is 7. The predicted octanol–water partition coefficient (Wildman–Crippen LogP) is -0.131. The number of fused-ring (bicyclic) bond motifs is 1. The fraction of sp³-hybridized carbons (Fsp3) is 0.412. The van der Waals surface area contributed by atoms with E-state index in [0.29, 0.717) is 5.69 Å². The molecule has 1 aromatic rings. The highest BCUT2D eigenvalue weighted by atomic mass is 16.5. The van der Waals surface area contributed by atoms with E-state index in [-0.39, 0.29) is 0 Å². The fourth-order valence-corrected chi connectivity index (χ4v) is 3.80. The van der Waals surface area contributed by atoms with E-state index in [1.54, 1.807) is 37.3 Å². The summed E-state index contributed by atoms with van der Waals surface area (Å²) >= 11 is 0. The molecule has 1 aromatic carbocycles. The lowest BCUT2D eigenvalue weighted by Crippen LogP contribution is -2.62. The van der Waals surface area contributed by atoms with E-state index in [2.05, 4.69) is 5.32 Å². The third-order valence-corrected chi connectivity index (χ3v) is 4.84. The number of benzene rings is 1. The maximum absolute atomic E-state index is 13.0. The SMILES string of the molecule is COC(=O)C1(C(=O)OC)N[C@H](C)[C@@H]2C(=O)N(c3ccccc3)C(=O)[C@@H]21. The monoisotopic (exact) mass is 346 g/mol. The Bertz CT molecular complexity index is 731. The van der Waals surface area contributed by atoms with Crippen LogP contribution >= 0.6 is 0 Å². The number of ether oxygens (including phenoxy) is 2. The minimum absolute atomic E-state index is 0.391. The number of nitrogens with zero attached hydrogens (tertiary/aromatic N) is 1. The van der Waals surface area contributed by atoms with Crippen LogP contribution in [-0.2, 0) is 28.7 Å². The van der Waals surface area contributed by atoms with Crippen molar-refractivity contribution in [3.63, 3.8) is 0 Å². The molecule has 0 saturated carbocycles.